The number of ether oxygens (including phenoxy) is 1. The Labute approximate surface area is 186 Å². The topological polar surface area (TPSA) is 44.1 Å². The molecule has 1 aromatic heterocycles. The Morgan fingerprint density at radius 2 is 1.81 bits per heavy atom. The highest BCUT2D eigenvalue weighted by molar-refractivity contribution is 7.98. The molecular formula is C24H19F3N2O2S. The zero-order valence-electron chi connectivity index (χ0n) is 17.3. The first-order valence-corrected chi connectivity index (χ1v) is 10.7. The van der Waals surface area contributed by atoms with Crippen LogP contribution in [0.4, 0.5) is 13.2 Å². The number of thioether (sulfide) groups is 1. The van der Waals surface area contributed by atoms with Crippen molar-refractivity contribution in [2.24, 2.45) is 0 Å². The fraction of sp³-hybridized carbons (Fsp3) is 0.167. The Balaban J connectivity index is 1.84. The summed E-state index contributed by atoms with van der Waals surface area (Å²) in [5.74, 6) is 0.707. The van der Waals surface area contributed by atoms with Crippen LogP contribution < -0.4 is 10.3 Å². The number of nitrogens with zero attached hydrogens (tertiary/aromatic N) is 2. The van der Waals surface area contributed by atoms with E-state index >= 15 is 0 Å². The van der Waals surface area contributed by atoms with Gasteiger partial charge in [0.25, 0.3) is 5.56 Å². The van der Waals surface area contributed by atoms with Gasteiger partial charge in [0, 0.05) is 5.75 Å². The van der Waals surface area contributed by atoms with Crippen molar-refractivity contribution < 1.29 is 17.9 Å². The highest BCUT2D eigenvalue weighted by atomic mass is 32.2. The lowest BCUT2D eigenvalue weighted by atomic mass is 10.1. The van der Waals surface area contributed by atoms with Crippen LogP contribution in [-0.4, -0.2) is 16.7 Å². The first-order valence-electron chi connectivity index (χ1n) is 9.73. The lowest BCUT2D eigenvalue weighted by molar-refractivity contribution is -0.137. The number of hydrogen-bond acceptors (Lipinski definition) is 4. The van der Waals surface area contributed by atoms with Crippen molar-refractivity contribution in [2.75, 3.05) is 7.11 Å². The molecule has 0 aliphatic heterocycles. The molecule has 0 fully saturated rings. The largest absolute Gasteiger partial charge is 0.495 e. The van der Waals surface area contributed by atoms with Gasteiger partial charge in [0.05, 0.1) is 29.3 Å². The fourth-order valence-electron chi connectivity index (χ4n) is 3.38. The summed E-state index contributed by atoms with van der Waals surface area (Å²) in [6.45, 7) is 1.90. The zero-order valence-corrected chi connectivity index (χ0v) is 18.1. The SMILES string of the molecule is COc1ccc(C)cc1-n1c(SCc2cccc(C(F)(F)F)c2)nc2ccccc2c1=O. The summed E-state index contributed by atoms with van der Waals surface area (Å²) in [6, 6.07) is 17.6. The molecule has 164 valence electrons. The molecule has 0 unspecified atom stereocenters. The van der Waals surface area contributed by atoms with Crippen molar-refractivity contribution in [1.82, 2.24) is 9.55 Å². The third kappa shape index (κ3) is 4.36. The van der Waals surface area contributed by atoms with E-state index in [2.05, 4.69) is 4.98 Å². The molecule has 8 heteroatoms. The number of benzene rings is 3. The number of halogens is 3. The van der Waals surface area contributed by atoms with E-state index in [0.717, 1.165) is 17.7 Å². The minimum absolute atomic E-state index is 0.211. The molecule has 0 bridgehead atoms. The molecule has 0 atom stereocenters. The second-order valence-electron chi connectivity index (χ2n) is 7.21. The Hall–Kier alpha value is -3.26. The number of rotatable bonds is 5. The van der Waals surface area contributed by atoms with Crippen LogP contribution >= 0.6 is 11.8 Å². The van der Waals surface area contributed by atoms with Crippen LogP contribution in [0.25, 0.3) is 16.6 Å². The molecule has 4 aromatic rings. The summed E-state index contributed by atoms with van der Waals surface area (Å²) < 4.78 is 46.2. The van der Waals surface area contributed by atoms with Crippen molar-refractivity contribution in [1.29, 1.82) is 0 Å². The van der Waals surface area contributed by atoms with Gasteiger partial charge >= 0.3 is 6.18 Å². The van der Waals surface area contributed by atoms with Gasteiger partial charge in [-0.1, -0.05) is 48.2 Å². The number of hydrogen-bond donors (Lipinski definition) is 0. The average molecular weight is 456 g/mol. The molecule has 0 saturated heterocycles. The summed E-state index contributed by atoms with van der Waals surface area (Å²) in [5, 5.41) is 0.814. The number of alkyl halides is 3. The number of aromatic nitrogens is 2. The van der Waals surface area contributed by atoms with E-state index in [0.29, 0.717) is 33.1 Å². The van der Waals surface area contributed by atoms with Crippen LogP contribution in [0.15, 0.2) is 76.7 Å². The van der Waals surface area contributed by atoms with Gasteiger partial charge in [-0.25, -0.2) is 4.98 Å². The van der Waals surface area contributed by atoms with Gasteiger partial charge in [-0.2, -0.15) is 13.2 Å². The van der Waals surface area contributed by atoms with Crippen molar-refractivity contribution in [2.45, 2.75) is 24.0 Å². The monoisotopic (exact) mass is 456 g/mol. The van der Waals surface area contributed by atoms with Crippen LogP contribution in [0, 0.1) is 6.92 Å². The average Bonchev–Trinajstić information content (AvgIpc) is 2.77. The standard InChI is InChI=1S/C24H19F3N2O2S/c1-15-10-11-21(31-2)20(12-15)29-22(30)18-8-3-4-9-19(18)28-23(29)32-14-16-6-5-7-17(13-16)24(25,26)27/h3-13H,14H2,1-2H3. The molecular weight excluding hydrogens is 437 g/mol. The predicted octanol–water partition coefficient (Wildman–Crippen LogP) is 6.01. The van der Waals surface area contributed by atoms with Crippen molar-refractivity contribution >= 4 is 22.7 Å². The molecule has 4 rings (SSSR count). The molecule has 3 aromatic carbocycles. The summed E-state index contributed by atoms with van der Waals surface area (Å²) in [4.78, 5) is 18.1. The molecule has 0 radical (unpaired) electrons. The summed E-state index contributed by atoms with van der Waals surface area (Å²) in [7, 11) is 1.52. The highest BCUT2D eigenvalue weighted by Gasteiger charge is 2.30. The van der Waals surface area contributed by atoms with Crippen LogP contribution in [-0.2, 0) is 11.9 Å². The first-order chi connectivity index (χ1) is 15.3. The number of para-hydroxylation sites is 1. The lowest BCUT2D eigenvalue weighted by Gasteiger charge is -2.16. The molecule has 0 spiro atoms. The molecule has 4 nitrogen and oxygen atoms in total. The first kappa shape index (κ1) is 22.0. The third-order valence-electron chi connectivity index (χ3n) is 4.94. The normalized spacial score (nSPS) is 11.7. The Bertz CT molecular complexity index is 1350. The van der Waals surface area contributed by atoms with Crippen molar-refractivity contribution in [3.05, 3.63) is 93.8 Å². The van der Waals surface area contributed by atoms with Crippen LogP contribution in [0.1, 0.15) is 16.7 Å². The highest BCUT2D eigenvalue weighted by Crippen LogP contribution is 2.32. The Morgan fingerprint density at radius 3 is 2.56 bits per heavy atom. The predicted molar refractivity (Wildman–Crippen MR) is 120 cm³/mol. The third-order valence-corrected chi connectivity index (χ3v) is 5.95. The zero-order chi connectivity index (χ0) is 22.9. The number of fused-ring (bicyclic) bond motifs is 1. The Morgan fingerprint density at radius 1 is 1.03 bits per heavy atom. The van der Waals surface area contributed by atoms with Gasteiger partial charge in [0.2, 0.25) is 0 Å². The molecule has 32 heavy (non-hydrogen) atoms. The van der Waals surface area contributed by atoms with Gasteiger partial charge in [0.1, 0.15) is 5.75 Å². The maximum absolute atomic E-state index is 13.4. The maximum Gasteiger partial charge on any atom is 0.416 e. The van der Waals surface area contributed by atoms with Crippen LogP contribution in [0.3, 0.4) is 0 Å². The van der Waals surface area contributed by atoms with E-state index in [-0.39, 0.29) is 11.3 Å². The molecule has 0 saturated carbocycles. The van der Waals surface area contributed by atoms with Gasteiger partial charge in [-0.3, -0.25) is 9.36 Å². The quantitative estimate of drug-likeness (QED) is 0.272. The van der Waals surface area contributed by atoms with Crippen molar-refractivity contribution in [3.8, 4) is 11.4 Å². The summed E-state index contributed by atoms with van der Waals surface area (Å²) in [6.07, 6.45) is -4.42. The molecule has 0 N–H and O–H groups in total. The number of aryl methyl sites for hydroxylation is 1. The molecule has 0 amide bonds. The van der Waals surface area contributed by atoms with E-state index in [1.54, 1.807) is 36.4 Å². The van der Waals surface area contributed by atoms with Gasteiger partial charge in [0.15, 0.2) is 5.16 Å². The van der Waals surface area contributed by atoms with E-state index in [1.807, 2.05) is 19.1 Å². The van der Waals surface area contributed by atoms with Crippen LogP contribution in [0.5, 0.6) is 5.75 Å². The van der Waals surface area contributed by atoms with E-state index in [9.17, 15) is 18.0 Å². The van der Waals surface area contributed by atoms with E-state index in [4.69, 9.17) is 4.74 Å². The minimum atomic E-state index is -4.42. The second kappa shape index (κ2) is 8.70. The fourth-order valence-corrected chi connectivity index (χ4v) is 4.33. The smallest absolute Gasteiger partial charge is 0.416 e. The minimum Gasteiger partial charge on any atom is -0.495 e. The summed E-state index contributed by atoms with van der Waals surface area (Å²) in [5.41, 5.74) is 1.48. The van der Waals surface area contributed by atoms with Gasteiger partial charge in [-0.05, 0) is 48.4 Å². The van der Waals surface area contributed by atoms with Crippen LogP contribution in [0.2, 0.25) is 0 Å². The summed E-state index contributed by atoms with van der Waals surface area (Å²) >= 11 is 1.20. The van der Waals surface area contributed by atoms with E-state index < -0.39 is 11.7 Å². The second-order valence-corrected chi connectivity index (χ2v) is 8.16. The molecule has 1 heterocycles. The van der Waals surface area contributed by atoms with Gasteiger partial charge < -0.3 is 4.74 Å². The molecule has 0 aliphatic rings. The number of methoxy groups -OCH3 is 1. The van der Waals surface area contributed by atoms with E-state index in [1.165, 1.54) is 29.5 Å². The van der Waals surface area contributed by atoms with Crippen molar-refractivity contribution in [3.63, 3.8) is 0 Å². The lowest BCUT2D eigenvalue weighted by Crippen LogP contribution is -2.22. The molecule has 0 aliphatic carbocycles. The maximum atomic E-state index is 13.4. The Kier molecular flexibility index (Phi) is 5.97. The van der Waals surface area contributed by atoms with Gasteiger partial charge in [-0.15, -0.1) is 0 Å².